The number of nitrogens with one attached hydrogen (secondary N) is 1. The van der Waals surface area contributed by atoms with Gasteiger partial charge < -0.3 is 19.5 Å². The highest BCUT2D eigenvalue weighted by molar-refractivity contribution is 5.94. The molecule has 0 bridgehead atoms. The molecule has 0 radical (unpaired) electrons. The van der Waals surface area contributed by atoms with E-state index in [-0.39, 0.29) is 23.9 Å². The summed E-state index contributed by atoms with van der Waals surface area (Å²) in [6.45, 7) is 9.45. The first-order chi connectivity index (χ1) is 17.9. The standard InChI is InChI=1S/C30H42N4O3/c1-6-22(3)34(23(4)7-2)29(35)21-33-27-14-11-10-13-26(27)32-28(33)15-9-8-12-20-31-30(36)24-16-18-25(37-5)19-17-24/h10-11,13-14,16-19,22-23H,6-9,12,15,20-21H2,1-5H3,(H,31,36). The van der Waals surface area contributed by atoms with Crippen LogP contribution in [-0.2, 0) is 17.8 Å². The molecule has 0 saturated heterocycles. The van der Waals surface area contributed by atoms with Crippen molar-refractivity contribution in [3.8, 4) is 5.75 Å². The van der Waals surface area contributed by atoms with E-state index in [2.05, 4.69) is 37.6 Å². The molecule has 7 heteroatoms. The van der Waals surface area contributed by atoms with Gasteiger partial charge in [-0.25, -0.2) is 4.98 Å². The number of amides is 2. The van der Waals surface area contributed by atoms with Crippen LogP contribution in [0.2, 0.25) is 0 Å². The van der Waals surface area contributed by atoms with Crippen LogP contribution in [0.15, 0.2) is 48.5 Å². The summed E-state index contributed by atoms with van der Waals surface area (Å²) in [6, 6.07) is 15.6. The van der Waals surface area contributed by atoms with Crippen LogP contribution in [0.1, 0.15) is 76.0 Å². The highest BCUT2D eigenvalue weighted by Gasteiger charge is 2.25. The number of aromatic nitrogens is 2. The fourth-order valence-corrected chi connectivity index (χ4v) is 4.66. The summed E-state index contributed by atoms with van der Waals surface area (Å²) in [5, 5.41) is 2.99. The normalized spacial score (nSPS) is 12.8. The Labute approximate surface area is 221 Å². The third-order valence-corrected chi connectivity index (χ3v) is 7.16. The molecule has 2 aromatic carbocycles. The molecule has 1 N–H and O–H groups in total. The number of imidazole rings is 1. The molecule has 1 heterocycles. The fourth-order valence-electron chi connectivity index (χ4n) is 4.66. The molecule has 2 amide bonds. The van der Waals surface area contributed by atoms with Gasteiger partial charge in [-0.2, -0.15) is 0 Å². The molecule has 0 saturated carbocycles. The van der Waals surface area contributed by atoms with Gasteiger partial charge in [-0.05, 0) is 75.9 Å². The first kappa shape index (κ1) is 28.2. The monoisotopic (exact) mass is 506 g/mol. The van der Waals surface area contributed by atoms with Crippen LogP contribution in [0, 0.1) is 0 Å². The summed E-state index contributed by atoms with van der Waals surface area (Å²) in [7, 11) is 1.61. The predicted octanol–water partition coefficient (Wildman–Crippen LogP) is 5.61. The molecule has 3 aromatic rings. The van der Waals surface area contributed by atoms with Crippen molar-refractivity contribution in [2.24, 2.45) is 0 Å². The van der Waals surface area contributed by atoms with E-state index in [0.29, 0.717) is 18.7 Å². The van der Waals surface area contributed by atoms with Crippen molar-refractivity contribution >= 4 is 22.8 Å². The Morgan fingerprint density at radius 2 is 1.65 bits per heavy atom. The van der Waals surface area contributed by atoms with E-state index in [9.17, 15) is 9.59 Å². The zero-order valence-corrected chi connectivity index (χ0v) is 23.0. The Morgan fingerprint density at radius 1 is 0.973 bits per heavy atom. The molecule has 3 rings (SSSR count). The van der Waals surface area contributed by atoms with Crippen molar-refractivity contribution < 1.29 is 14.3 Å². The minimum absolute atomic E-state index is 0.0740. The molecule has 200 valence electrons. The summed E-state index contributed by atoms with van der Waals surface area (Å²) < 4.78 is 7.24. The van der Waals surface area contributed by atoms with E-state index in [0.717, 1.165) is 61.1 Å². The second-order valence-electron chi connectivity index (χ2n) is 9.71. The third kappa shape index (κ3) is 7.34. The number of hydrogen-bond donors (Lipinski definition) is 1. The molecule has 2 unspecified atom stereocenters. The van der Waals surface area contributed by atoms with Gasteiger partial charge >= 0.3 is 0 Å². The quantitative estimate of drug-likeness (QED) is 0.288. The zero-order chi connectivity index (χ0) is 26.8. The van der Waals surface area contributed by atoms with Crippen molar-refractivity contribution in [2.75, 3.05) is 13.7 Å². The zero-order valence-electron chi connectivity index (χ0n) is 23.0. The Hall–Kier alpha value is -3.35. The number of para-hydroxylation sites is 2. The Balaban J connectivity index is 1.58. The van der Waals surface area contributed by atoms with Gasteiger partial charge in [0.1, 0.15) is 18.1 Å². The predicted molar refractivity (Wildman–Crippen MR) is 149 cm³/mol. The molecule has 0 spiro atoms. The van der Waals surface area contributed by atoms with Gasteiger partial charge in [-0.3, -0.25) is 9.59 Å². The van der Waals surface area contributed by atoms with Crippen LogP contribution >= 0.6 is 0 Å². The lowest BCUT2D eigenvalue weighted by Gasteiger charge is -2.34. The molecule has 0 aliphatic heterocycles. The highest BCUT2D eigenvalue weighted by atomic mass is 16.5. The van der Waals surface area contributed by atoms with Crippen LogP contribution in [0.25, 0.3) is 11.0 Å². The lowest BCUT2D eigenvalue weighted by atomic mass is 10.1. The third-order valence-electron chi connectivity index (χ3n) is 7.16. The minimum Gasteiger partial charge on any atom is -0.497 e. The Bertz CT molecular complexity index is 1150. The number of rotatable bonds is 14. The van der Waals surface area contributed by atoms with Crippen molar-refractivity contribution in [3.63, 3.8) is 0 Å². The molecule has 37 heavy (non-hydrogen) atoms. The number of benzene rings is 2. The maximum absolute atomic E-state index is 13.5. The molecule has 7 nitrogen and oxygen atoms in total. The molecular weight excluding hydrogens is 464 g/mol. The summed E-state index contributed by atoms with van der Waals surface area (Å²) >= 11 is 0. The fraction of sp³-hybridized carbons (Fsp3) is 0.500. The summed E-state index contributed by atoms with van der Waals surface area (Å²) in [4.78, 5) is 32.7. The number of carbonyl (C=O) groups excluding carboxylic acids is 2. The van der Waals surface area contributed by atoms with Crippen molar-refractivity contribution in [1.82, 2.24) is 19.8 Å². The van der Waals surface area contributed by atoms with Crippen LogP contribution in [0.3, 0.4) is 0 Å². The van der Waals surface area contributed by atoms with E-state index in [1.807, 2.05) is 29.2 Å². The lowest BCUT2D eigenvalue weighted by molar-refractivity contribution is -0.136. The second kappa shape index (κ2) is 13.8. The van der Waals surface area contributed by atoms with Crippen LogP contribution in [0.5, 0.6) is 5.75 Å². The Morgan fingerprint density at radius 3 is 2.30 bits per heavy atom. The number of ether oxygens (including phenoxy) is 1. The van der Waals surface area contributed by atoms with E-state index in [1.165, 1.54) is 0 Å². The summed E-state index contributed by atoms with van der Waals surface area (Å²) in [5.41, 5.74) is 2.56. The SMILES string of the molecule is CCC(C)N(C(=O)Cn1c(CCCCCNC(=O)c2ccc(OC)cc2)nc2ccccc21)C(C)CC. The van der Waals surface area contributed by atoms with Crippen molar-refractivity contribution in [3.05, 3.63) is 59.9 Å². The number of fused-ring (bicyclic) bond motifs is 1. The van der Waals surface area contributed by atoms with Gasteiger partial charge in [-0.15, -0.1) is 0 Å². The van der Waals surface area contributed by atoms with Crippen molar-refractivity contribution in [1.29, 1.82) is 0 Å². The van der Waals surface area contributed by atoms with Crippen molar-refractivity contribution in [2.45, 2.75) is 84.8 Å². The van der Waals surface area contributed by atoms with Gasteiger partial charge in [0.25, 0.3) is 5.91 Å². The first-order valence-electron chi connectivity index (χ1n) is 13.6. The molecule has 0 fully saturated rings. The van der Waals surface area contributed by atoms with Gasteiger partial charge in [0.15, 0.2) is 0 Å². The number of hydrogen-bond acceptors (Lipinski definition) is 4. The maximum Gasteiger partial charge on any atom is 0.251 e. The largest absolute Gasteiger partial charge is 0.497 e. The molecular formula is C30H42N4O3. The number of nitrogens with zero attached hydrogens (tertiary/aromatic N) is 3. The highest BCUT2D eigenvalue weighted by Crippen LogP contribution is 2.20. The molecule has 0 aliphatic rings. The van der Waals surface area contributed by atoms with Gasteiger partial charge in [-0.1, -0.05) is 32.4 Å². The number of unbranched alkanes of at least 4 members (excludes halogenated alkanes) is 2. The first-order valence-corrected chi connectivity index (χ1v) is 13.6. The van der Waals surface area contributed by atoms with Gasteiger partial charge in [0, 0.05) is 30.6 Å². The average Bonchev–Trinajstić information content (AvgIpc) is 3.27. The van der Waals surface area contributed by atoms with E-state index < -0.39 is 0 Å². The Kier molecular flexibility index (Phi) is 10.5. The second-order valence-corrected chi connectivity index (χ2v) is 9.71. The molecule has 0 aliphatic carbocycles. The summed E-state index contributed by atoms with van der Waals surface area (Å²) in [5.74, 6) is 1.76. The lowest BCUT2D eigenvalue weighted by Crippen LogP contribution is -2.45. The average molecular weight is 507 g/mol. The number of carbonyl (C=O) groups is 2. The van der Waals surface area contributed by atoms with E-state index in [4.69, 9.17) is 9.72 Å². The smallest absolute Gasteiger partial charge is 0.251 e. The van der Waals surface area contributed by atoms with E-state index >= 15 is 0 Å². The van der Waals surface area contributed by atoms with Crippen LogP contribution < -0.4 is 10.1 Å². The topological polar surface area (TPSA) is 76.5 Å². The van der Waals surface area contributed by atoms with Gasteiger partial charge in [0.05, 0.1) is 18.1 Å². The van der Waals surface area contributed by atoms with Crippen LogP contribution in [-0.4, -0.2) is 52.0 Å². The molecule has 1 aromatic heterocycles. The van der Waals surface area contributed by atoms with Gasteiger partial charge in [0.2, 0.25) is 5.91 Å². The summed E-state index contributed by atoms with van der Waals surface area (Å²) in [6.07, 6.45) is 5.45. The maximum atomic E-state index is 13.5. The number of aryl methyl sites for hydroxylation is 1. The number of methoxy groups -OCH3 is 1. The minimum atomic E-state index is -0.0740. The molecule has 2 atom stereocenters. The van der Waals surface area contributed by atoms with E-state index in [1.54, 1.807) is 31.4 Å². The van der Waals surface area contributed by atoms with Crippen LogP contribution in [0.4, 0.5) is 0 Å².